The largest absolute Gasteiger partial charge is 0.507 e. The smallest absolute Gasteiger partial charge is 0.201 e. The van der Waals surface area contributed by atoms with E-state index in [0.717, 1.165) is 0 Å². The monoisotopic (exact) mass is 354 g/mol. The van der Waals surface area contributed by atoms with Crippen LogP contribution in [0.2, 0.25) is 0 Å². The van der Waals surface area contributed by atoms with Crippen molar-refractivity contribution in [2.75, 3.05) is 0 Å². The molecule has 2 aliphatic rings. The average molecular weight is 354 g/mol. The van der Waals surface area contributed by atoms with E-state index in [1.54, 1.807) is 6.92 Å². The van der Waals surface area contributed by atoms with Crippen LogP contribution in [0.25, 0.3) is 0 Å². The topological polar surface area (TPSA) is 109 Å². The molecule has 0 atom stereocenters. The molecule has 0 unspecified atom stereocenters. The maximum atomic E-state index is 13.1. The van der Waals surface area contributed by atoms with Gasteiger partial charge in [-0.15, -0.1) is 0 Å². The van der Waals surface area contributed by atoms with Crippen molar-refractivity contribution in [2.45, 2.75) is 34.6 Å². The lowest BCUT2D eigenvalue weighted by molar-refractivity contribution is -0.121. The normalized spacial score (nSPS) is 18.9. The van der Waals surface area contributed by atoms with Crippen LogP contribution >= 0.6 is 0 Å². The molecule has 0 aromatic heterocycles. The number of aryl methyl sites for hydroxylation is 1. The minimum absolute atomic E-state index is 0.0169. The van der Waals surface area contributed by atoms with E-state index in [1.165, 1.54) is 33.8 Å². The Labute approximate surface area is 149 Å². The van der Waals surface area contributed by atoms with E-state index in [9.17, 15) is 29.4 Å². The van der Waals surface area contributed by atoms with E-state index in [1.807, 2.05) is 0 Å². The summed E-state index contributed by atoms with van der Waals surface area (Å²) in [6, 6.07) is 1.37. The van der Waals surface area contributed by atoms with Crippen molar-refractivity contribution in [1.29, 1.82) is 0 Å². The minimum atomic E-state index is -1.29. The van der Waals surface area contributed by atoms with Crippen LogP contribution in [0.3, 0.4) is 0 Å². The first-order valence-electron chi connectivity index (χ1n) is 8.09. The molecular formula is C20H18O6. The fourth-order valence-corrected chi connectivity index (χ4v) is 3.84. The number of aliphatic hydroxyl groups excluding tert-OH is 1. The first-order valence-corrected chi connectivity index (χ1v) is 8.09. The Morgan fingerprint density at radius 3 is 2.15 bits per heavy atom. The highest BCUT2D eigenvalue weighted by atomic mass is 16.3. The summed E-state index contributed by atoms with van der Waals surface area (Å²) in [4.78, 5) is 50.5. The predicted molar refractivity (Wildman–Crippen MR) is 92.7 cm³/mol. The molecule has 26 heavy (non-hydrogen) atoms. The van der Waals surface area contributed by atoms with Gasteiger partial charge in [0.05, 0.1) is 22.1 Å². The third kappa shape index (κ3) is 1.98. The van der Waals surface area contributed by atoms with Gasteiger partial charge in [-0.05, 0) is 46.2 Å². The van der Waals surface area contributed by atoms with Gasteiger partial charge >= 0.3 is 0 Å². The number of carbonyl (C=O) groups is 4. The number of carbonyl (C=O) groups excluding carboxylic acids is 4. The molecule has 0 saturated carbocycles. The fraction of sp³-hybridized carbons (Fsp3) is 0.300. The summed E-state index contributed by atoms with van der Waals surface area (Å²) >= 11 is 0. The van der Waals surface area contributed by atoms with Crippen LogP contribution in [0.1, 0.15) is 64.3 Å². The number of fused-ring (bicyclic) bond motifs is 1. The molecule has 134 valence electrons. The van der Waals surface area contributed by atoms with Crippen LogP contribution in [0.4, 0.5) is 0 Å². The van der Waals surface area contributed by atoms with Gasteiger partial charge in [-0.1, -0.05) is 0 Å². The molecule has 2 aliphatic carbocycles. The Balaban J connectivity index is 2.44. The number of phenols is 1. The molecule has 0 saturated heterocycles. The standard InChI is InChI=1S/C20H18O6/c1-7-6-10-12(17(24)11(7)9(3)21)18(25)13-14(16(10)23)20(4,5)19(26)8(2)15(13)22/h6,22,24H,1-5H3. The van der Waals surface area contributed by atoms with Crippen LogP contribution in [-0.4, -0.2) is 33.3 Å². The Morgan fingerprint density at radius 1 is 1.04 bits per heavy atom. The van der Waals surface area contributed by atoms with Gasteiger partial charge in [-0.25, -0.2) is 0 Å². The van der Waals surface area contributed by atoms with Gasteiger partial charge in [0.15, 0.2) is 17.3 Å². The van der Waals surface area contributed by atoms with Gasteiger partial charge in [0.2, 0.25) is 5.78 Å². The number of benzene rings is 1. The van der Waals surface area contributed by atoms with Crippen molar-refractivity contribution >= 4 is 23.1 Å². The number of aliphatic hydroxyl groups is 1. The zero-order valence-electron chi connectivity index (χ0n) is 15.1. The lowest BCUT2D eigenvalue weighted by Crippen LogP contribution is -2.40. The van der Waals surface area contributed by atoms with E-state index < -0.39 is 40.1 Å². The second-order valence-electron chi connectivity index (χ2n) is 7.23. The summed E-state index contributed by atoms with van der Waals surface area (Å²) in [5, 5.41) is 20.9. The zero-order chi connectivity index (χ0) is 19.7. The molecule has 0 spiro atoms. The second kappa shape index (κ2) is 5.24. The summed E-state index contributed by atoms with van der Waals surface area (Å²) < 4.78 is 0. The van der Waals surface area contributed by atoms with Crippen LogP contribution in [-0.2, 0) is 4.79 Å². The number of Topliss-reactive ketones (excluding diaryl/α,β-unsaturated/α-hetero) is 4. The number of hydrogen-bond acceptors (Lipinski definition) is 6. The van der Waals surface area contributed by atoms with E-state index >= 15 is 0 Å². The average Bonchev–Trinajstić information content (AvgIpc) is 2.53. The van der Waals surface area contributed by atoms with Gasteiger partial charge < -0.3 is 10.2 Å². The van der Waals surface area contributed by atoms with Crippen LogP contribution in [0.15, 0.2) is 28.5 Å². The Hall–Kier alpha value is -3.02. The van der Waals surface area contributed by atoms with Crippen LogP contribution in [0, 0.1) is 12.3 Å². The van der Waals surface area contributed by atoms with Gasteiger partial charge in [0.25, 0.3) is 0 Å². The van der Waals surface area contributed by atoms with Gasteiger partial charge in [0, 0.05) is 16.7 Å². The first kappa shape index (κ1) is 17.8. The summed E-state index contributed by atoms with van der Waals surface area (Å²) in [5.41, 5.74) is -1.74. The van der Waals surface area contributed by atoms with Gasteiger partial charge in [-0.3, -0.25) is 19.2 Å². The molecular weight excluding hydrogens is 336 g/mol. The molecule has 1 aromatic carbocycles. The molecule has 0 amide bonds. The molecule has 0 fully saturated rings. The SMILES string of the molecule is CC(=O)c1c(C)cc2c(c1O)C(=O)C1=C(C2=O)C(C)(C)C(=O)C(C)=C1O. The Bertz CT molecular complexity index is 1020. The predicted octanol–water partition coefficient (Wildman–Crippen LogP) is 3.02. The highest BCUT2D eigenvalue weighted by Gasteiger charge is 2.50. The molecule has 0 bridgehead atoms. The van der Waals surface area contributed by atoms with E-state index in [4.69, 9.17) is 0 Å². The van der Waals surface area contributed by atoms with Crippen LogP contribution in [0.5, 0.6) is 5.75 Å². The number of ketones is 4. The second-order valence-corrected chi connectivity index (χ2v) is 7.23. The number of hydrogen-bond donors (Lipinski definition) is 2. The van der Waals surface area contributed by atoms with Gasteiger partial charge in [0.1, 0.15) is 11.5 Å². The minimum Gasteiger partial charge on any atom is -0.507 e. The van der Waals surface area contributed by atoms with E-state index in [-0.39, 0.29) is 33.4 Å². The molecule has 6 nitrogen and oxygen atoms in total. The highest BCUT2D eigenvalue weighted by Crippen LogP contribution is 2.47. The Kier molecular flexibility index (Phi) is 3.58. The quantitative estimate of drug-likeness (QED) is 0.750. The zero-order valence-corrected chi connectivity index (χ0v) is 15.1. The van der Waals surface area contributed by atoms with Crippen molar-refractivity contribution in [1.82, 2.24) is 0 Å². The van der Waals surface area contributed by atoms with Crippen molar-refractivity contribution in [3.8, 4) is 5.75 Å². The lowest BCUT2D eigenvalue weighted by atomic mass is 9.64. The van der Waals surface area contributed by atoms with Crippen molar-refractivity contribution in [2.24, 2.45) is 5.41 Å². The number of allylic oxidation sites excluding steroid dienone is 3. The number of phenolic OH excluding ortho intramolecular Hbond substituents is 1. The van der Waals surface area contributed by atoms with Crippen molar-refractivity contribution in [3.63, 3.8) is 0 Å². The lowest BCUT2D eigenvalue weighted by Gasteiger charge is -2.35. The van der Waals surface area contributed by atoms with Crippen molar-refractivity contribution < 1.29 is 29.4 Å². The maximum Gasteiger partial charge on any atom is 0.201 e. The fourth-order valence-electron chi connectivity index (χ4n) is 3.84. The van der Waals surface area contributed by atoms with Crippen molar-refractivity contribution in [3.05, 3.63) is 50.8 Å². The summed E-state index contributed by atoms with van der Waals surface area (Å²) in [5.74, 6) is -3.40. The highest BCUT2D eigenvalue weighted by molar-refractivity contribution is 6.33. The maximum absolute atomic E-state index is 13.1. The summed E-state index contributed by atoms with van der Waals surface area (Å²) in [7, 11) is 0. The molecule has 6 heteroatoms. The van der Waals surface area contributed by atoms with Crippen LogP contribution < -0.4 is 0 Å². The number of aromatic hydroxyl groups is 1. The Morgan fingerprint density at radius 2 is 1.62 bits per heavy atom. The third-order valence-corrected chi connectivity index (χ3v) is 5.15. The molecule has 0 heterocycles. The summed E-state index contributed by atoms with van der Waals surface area (Å²) in [6.07, 6.45) is 0. The molecule has 1 aromatic rings. The molecule has 3 rings (SSSR count). The van der Waals surface area contributed by atoms with E-state index in [2.05, 4.69) is 0 Å². The first-order chi connectivity index (χ1) is 11.9. The third-order valence-electron chi connectivity index (χ3n) is 5.15. The molecule has 0 aliphatic heterocycles. The molecule has 2 N–H and O–H groups in total. The van der Waals surface area contributed by atoms with E-state index in [0.29, 0.717) is 5.56 Å². The summed E-state index contributed by atoms with van der Waals surface area (Å²) in [6.45, 7) is 7.22. The molecule has 0 radical (unpaired) electrons. The van der Waals surface area contributed by atoms with Gasteiger partial charge in [-0.2, -0.15) is 0 Å². The number of rotatable bonds is 1.